The van der Waals surface area contributed by atoms with Crippen molar-refractivity contribution >= 4 is 0 Å². The minimum absolute atomic E-state index is 0.497. The van der Waals surface area contributed by atoms with Crippen LogP contribution in [-0.2, 0) is 4.74 Å². The first-order valence-corrected chi connectivity index (χ1v) is 8.79. The summed E-state index contributed by atoms with van der Waals surface area (Å²) in [5.41, 5.74) is 0.536. The quantitative estimate of drug-likeness (QED) is 0.776. The minimum atomic E-state index is 0.497. The van der Waals surface area contributed by atoms with Gasteiger partial charge in [0.2, 0.25) is 0 Å². The van der Waals surface area contributed by atoms with Crippen molar-refractivity contribution < 1.29 is 4.74 Å². The Hall–Kier alpha value is -0.120. The third kappa shape index (κ3) is 4.19. The van der Waals surface area contributed by atoms with Gasteiger partial charge in [-0.25, -0.2) is 0 Å². The molecule has 3 aliphatic rings. The topological polar surface area (TPSA) is 24.5 Å². The van der Waals surface area contributed by atoms with E-state index in [2.05, 4.69) is 17.3 Å². The molecule has 2 saturated carbocycles. The van der Waals surface area contributed by atoms with E-state index in [4.69, 9.17) is 4.74 Å². The van der Waals surface area contributed by atoms with Gasteiger partial charge in [-0.15, -0.1) is 0 Å². The second-order valence-corrected chi connectivity index (χ2v) is 7.55. The second kappa shape index (κ2) is 6.76. The lowest BCUT2D eigenvalue weighted by atomic mass is 9.73. The average molecular weight is 280 g/mol. The number of hydrogen-bond acceptors (Lipinski definition) is 3. The van der Waals surface area contributed by atoms with Crippen molar-refractivity contribution in [2.75, 3.05) is 33.3 Å². The number of nitrogens with one attached hydrogen (secondary N) is 1. The molecule has 3 nitrogen and oxygen atoms in total. The van der Waals surface area contributed by atoms with Crippen molar-refractivity contribution in [3.8, 4) is 0 Å². The predicted molar refractivity (Wildman–Crippen MR) is 83.0 cm³/mol. The van der Waals surface area contributed by atoms with Gasteiger partial charge >= 0.3 is 0 Å². The molecule has 1 N–H and O–H groups in total. The highest BCUT2D eigenvalue weighted by Gasteiger charge is 2.35. The molecule has 1 saturated heterocycles. The third-order valence-corrected chi connectivity index (χ3v) is 5.40. The zero-order chi connectivity index (χ0) is 13.8. The molecular weight excluding hydrogens is 248 g/mol. The monoisotopic (exact) mass is 280 g/mol. The normalized spacial score (nSPS) is 30.0. The van der Waals surface area contributed by atoms with E-state index in [1.54, 1.807) is 0 Å². The van der Waals surface area contributed by atoms with Gasteiger partial charge in [0.05, 0.1) is 6.10 Å². The Kier molecular flexibility index (Phi) is 5.00. The number of likely N-dealkylation sites (N-methyl/N-ethyl adjacent to an activating group) is 1. The van der Waals surface area contributed by atoms with E-state index in [1.807, 2.05) is 0 Å². The fourth-order valence-corrected chi connectivity index (χ4v) is 4.11. The summed E-state index contributed by atoms with van der Waals surface area (Å²) >= 11 is 0. The van der Waals surface area contributed by atoms with Crippen molar-refractivity contribution in [2.45, 2.75) is 69.9 Å². The molecule has 0 aromatic heterocycles. The summed E-state index contributed by atoms with van der Waals surface area (Å²) in [6, 6.07) is 0.845. The van der Waals surface area contributed by atoms with Gasteiger partial charge in [0, 0.05) is 32.3 Å². The standard InChI is InChI=1S/C17H32N2O/c1-19(12-16-6-5-11-20-16)14-17(9-3-2-4-10-17)13-18-15-7-8-15/h15-16,18H,2-14H2,1H3. The molecule has 0 amide bonds. The van der Waals surface area contributed by atoms with E-state index in [1.165, 1.54) is 70.9 Å². The number of ether oxygens (including phenoxy) is 1. The van der Waals surface area contributed by atoms with Crippen LogP contribution in [0.1, 0.15) is 57.8 Å². The van der Waals surface area contributed by atoms with Gasteiger partial charge in [-0.2, -0.15) is 0 Å². The van der Waals surface area contributed by atoms with E-state index >= 15 is 0 Å². The molecule has 20 heavy (non-hydrogen) atoms. The van der Waals surface area contributed by atoms with Crippen LogP contribution in [0.2, 0.25) is 0 Å². The maximum Gasteiger partial charge on any atom is 0.0702 e. The Labute approximate surface area is 124 Å². The fourth-order valence-electron chi connectivity index (χ4n) is 4.11. The van der Waals surface area contributed by atoms with Gasteiger partial charge in [0.25, 0.3) is 0 Å². The zero-order valence-corrected chi connectivity index (χ0v) is 13.2. The summed E-state index contributed by atoms with van der Waals surface area (Å²) in [6.45, 7) is 4.61. The summed E-state index contributed by atoms with van der Waals surface area (Å²) in [5, 5.41) is 3.81. The van der Waals surface area contributed by atoms with Gasteiger partial charge in [0.15, 0.2) is 0 Å². The maximum atomic E-state index is 5.80. The average Bonchev–Trinajstić information content (AvgIpc) is 3.15. The van der Waals surface area contributed by atoms with Gasteiger partial charge < -0.3 is 15.0 Å². The van der Waals surface area contributed by atoms with Crippen LogP contribution >= 0.6 is 0 Å². The molecule has 0 aromatic rings. The number of hydrogen-bond donors (Lipinski definition) is 1. The molecule has 116 valence electrons. The van der Waals surface area contributed by atoms with Crippen LogP contribution in [0.25, 0.3) is 0 Å². The predicted octanol–water partition coefficient (Wildman–Crippen LogP) is 2.80. The molecule has 0 bridgehead atoms. The molecule has 3 rings (SSSR count). The van der Waals surface area contributed by atoms with Crippen molar-refractivity contribution in [3.05, 3.63) is 0 Å². The minimum Gasteiger partial charge on any atom is -0.377 e. The van der Waals surface area contributed by atoms with Crippen LogP contribution in [0.3, 0.4) is 0 Å². The zero-order valence-electron chi connectivity index (χ0n) is 13.2. The lowest BCUT2D eigenvalue weighted by Crippen LogP contribution is -2.46. The van der Waals surface area contributed by atoms with Crippen LogP contribution in [0.4, 0.5) is 0 Å². The van der Waals surface area contributed by atoms with Crippen LogP contribution in [0, 0.1) is 5.41 Å². The second-order valence-electron chi connectivity index (χ2n) is 7.55. The highest BCUT2D eigenvalue weighted by atomic mass is 16.5. The summed E-state index contributed by atoms with van der Waals surface area (Å²) in [5.74, 6) is 0. The summed E-state index contributed by atoms with van der Waals surface area (Å²) in [6.07, 6.45) is 13.0. The lowest BCUT2D eigenvalue weighted by molar-refractivity contribution is 0.0538. The first-order valence-electron chi connectivity index (χ1n) is 8.79. The highest BCUT2D eigenvalue weighted by Crippen LogP contribution is 2.37. The summed E-state index contributed by atoms with van der Waals surface area (Å²) in [7, 11) is 2.30. The molecule has 3 fully saturated rings. The largest absolute Gasteiger partial charge is 0.377 e. The Morgan fingerprint density at radius 2 is 1.90 bits per heavy atom. The first-order chi connectivity index (χ1) is 9.76. The van der Waals surface area contributed by atoms with Crippen molar-refractivity contribution in [1.82, 2.24) is 10.2 Å². The Balaban J connectivity index is 1.50. The molecular formula is C17H32N2O. The molecule has 1 aliphatic heterocycles. The van der Waals surface area contributed by atoms with Crippen LogP contribution < -0.4 is 5.32 Å². The lowest BCUT2D eigenvalue weighted by Gasteiger charge is -2.41. The first kappa shape index (κ1) is 14.8. The van der Waals surface area contributed by atoms with Gasteiger partial charge in [-0.3, -0.25) is 0 Å². The molecule has 1 heterocycles. The van der Waals surface area contributed by atoms with Gasteiger partial charge in [0.1, 0.15) is 0 Å². The smallest absolute Gasteiger partial charge is 0.0702 e. The molecule has 0 aromatic carbocycles. The molecule has 0 radical (unpaired) electrons. The van der Waals surface area contributed by atoms with Gasteiger partial charge in [-0.1, -0.05) is 19.3 Å². The SMILES string of the molecule is CN(CC1CCCO1)CC1(CNC2CC2)CCCCC1. The molecule has 1 unspecified atom stereocenters. The van der Waals surface area contributed by atoms with E-state index in [0.717, 1.165) is 19.2 Å². The van der Waals surface area contributed by atoms with Gasteiger partial charge in [-0.05, 0) is 51.0 Å². The van der Waals surface area contributed by atoms with E-state index in [9.17, 15) is 0 Å². The van der Waals surface area contributed by atoms with E-state index in [-0.39, 0.29) is 0 Å². The molecule has 1 atom stereocenters. The molecule has 3 heteroatoms. The van der Waals surface area contributed by atoms with Crippen molar-refractivity contribution in [2.24, 2.45) is 5.41 Å². The molecule has 2 aliphatic carbocycles. The number of nitrogens with zero attached hydrogens (tertiary/aromatic N) is 1. The fraction of sp³-hybridized carbons (Fsp3) is 1.00. The number of rotatable bonds is 7. The maximum absolute atomic E-state index is 5.80. The summed E-state index contributed by atoms with van der Waals surface area (Å²) in [4.78, 5) is 2.55. The van der Waals surface area contributed by atoms with E-state index in [0.29, 0.717) is 11.5 Å². The Morgan fingerprint density at radius 3 is 2.55 bits per heavy atom. The Morgan fingerprint density at radius 1 is 1.10 bits per heavy atom. The van der Waals surface area contributed by atoms with Crippen LogP contribution in [0.15, 0.2) is 0 Å². The van der Waals surface area contributed by atoms with Crippen molar-refractivity contribution in [1.29, 1.82) is 0 Å². The highest BCUT2D eigenvalue weighted by molar-refractivity contribution is 4.91. The molecule has 0 spiro atoms. The Bertz CT molecular complexity index is 291. The van der Waals surface area contributed by atoms with E-state index < -0.39 is 0 Å². The van der Waals surface area contributed by atoms with Crippen LogP contribution in [-0.4, -0.2) is 50.3 Å². The third-order valence-electron chi connectivity index (χ3n) is 5.40. The summed E-state index contributed by atoms with van der Waals surface area (Å²) < 4.78 is 5.80. The van der Waals surface area contributed by atoms with Crippen molar-refractivity contribution in [3.63, 3.8) is 0 Å². The van der Waals surface area contributed by atoms with Crippen LogP contribution in [0.5, 0.6) is 0 Å².